The molecule has 2 aromatic rings. The minimum atomic E-state index is -3.95. The molecule has 0 unspecified atom stereocenters. The number of nitrogens with one attached hydrogen (secondary N) is 1. The van der Waals surface area contributed by atoms with E-state index in [0.29, 0.717) is 11.3 Å². The largest absolute Gasteiger partial charge is 0.545 e. The second-order valence-electron chi connectivity index (χ2n) is 4.57. The monoisotopic (exact) mass is 320 g/mol. The standard InChI is InChI=1S/C15H15NO5S/c1-10-7-8-11(15(17)18)9-14(10)22(19,20)16-12-5-3-4-6-13(12)21-2/h3-9,16H,1-2H3,(H,17,18)/p-1. The molecule has 2 rings (SSSR count). The van der Waals surface area contributed by atoms with Crippen LogP contribution in [-0.4, -0.2) is 21.5 Å². The quantitative estimate of drug-likeness (QED) is 0.892. The summed E-state index contributed by atoms with van der Waals surface area (Å²) in [7, 11) is -2.53. The molecule has 0 heterocycles. The predicted octanol–water partition coefficient (Wildman–Crippen LogP) is 1.17. The minimum Gasteiger partial charge on any atom is -0.545 e. The summed E-state index contributed by atoms with van der Waals surface area (Å²) in [5.74, 6) is -1.08. The van der Waals surface area contributed by atoms with Crippen LogP contribution in [0.2, 0.25) is 0 Å². The Bertz CT molecular complexity index is 814. The Balaban J connectivity index is 2.47. The summed E-state index contributed by atoms with van der Waals surface area (Å²) in [6, 6.07) is 10.3. The van der Waals surface area contributed by atoms with Crippen molar-refractivity contribution in [2.24, 2.45) is 0 Å². The second kappa shape index (κ2) is 6.07. The van der Waals surface area contributed by atoms with Gasteiger partial charge >= 0.3 is 0 Å². The molecule has 0 atom stereocenters. The molecule has 0 saturated heterocycles. The van der Waals surface area contributed by atoms with E-state index >= 15 is 0 Å². The Hall–Kier alpha value is -2.54. The smallest absolute Gasteiger partial charge is 0.262 e. The first kappa shape index (κ1) is 15.8. The molecule has 22 heavy (non-hydrogen) atoms. The molecule has 0 aliphatic rings. The van der Waals surface area contributed by atoms with E-state index in [-0.39, 0.29) is 16.1 Å². The highest BCUT2D eigenvalue weighted by molar-refractivity contribution is 7.92. The lowest BCUT2D eigenvalue weighted by Gasteiger charge is -2.14. The van der Waals surface area contributed by atoms with Crippen LogP contribution in [0.5, 0.6) is 5.75 Å². The zero-order valence-electron chi connectivity index (χ0n) is 12.0. The number of anilines is 1. The summed E-state index contributed by atoms with van der Waals surface area (Å²) in [5, 5.41) is 10.9. The van der Waals surface area contributed by atoms with Gasteiger partial charge in [0.15, 0.2) is 0 Å². The molecule has 0 spiro atoms. The van der Waals surface area contributed by atoms with Gasteiger partial charge in [-0.2, -0.15) is 0 Å². The van der Waals surface area contributed by atoms with Crippen molar-refractivity contribution in [2.45, 2.75) is 11.8 Å². The summed E-state index contributed by atoms with van der Waals surface area (Å²) in [6.07, 6.45) is 0. The number of sulfonamides is 1. The number of para-hydroxylation sites is 2. The fraction of sp³-hybridized carbons (Fsp3) is 0.133. The molecule has 0 radical (unpaired) electrons. The Morgan fingerprint density at radius 1 is 1.18 bits per heavy atom. The van der Waals surface area contributed by atoms with Crippen LogP contribution in [0.1, 0.15) is 15.9 Å². The normalized spacial score (nSPS) is 11.0. The number of carbonyl (C=O) groups is 1. The van der Waals surface area contributed by atoms with Crippen molar-refractivity contribution in [3.8, 4) is 5.75 Å². The molecular formula is C15H14NO5S-. The van der Waals surface area contributed by atoms with Crippen molar-refractivity contribution in [3.05, 3.63) is 53.6 Å². The molecule has 0 fully saturated rings. The number of carboxylic acids is 1. The van der Waals surface area contributed by atoms with E-state index in [1.807, 2.05) is 0 Å². The fourth-order valence-electron chi connectivity index (χ4n) is 1.95. The van der Waals surface area contributed by atoms with E-state index in [1.54, 1.807) is 31.2 Å². The van der Waals surface area contributed by atoms with Gasteiger partial charge in [0.05, 0.1) is 23.7 Å². The van der Waals surface area contributed by atoms with E-state index in [2.05, 4.69) is 4.72 Å². The number of aromatic carboxylic acids is 1. The third-order valence-corrected chi connectivity index (χ3v) is 4.57. The highest BCUT2D eigenvalue weighted by Gasteiger charge is 2.19. The zero-order chi connectivity index (χ0) is 16.3. The first-order valence-corrected chi connectivity index (χ1v) is 7.81. The summed E-state index contributed by atoms with van der Waals surface area (Å²) in [5.41, 5.74) is 0.488. The van der Waals surface area contributed by atoms with Crippen LogP contribution in [0, 0.1) is 6.92 Å². The number of benzene rings is 2. The van der Waals surface area contributed by atoms with Gasteiger partial charge in [-0.05, 0) is 36.2 Å². The van der Waals surface area contributed by atoms with Crippen molar-refractivity contribution in [3.63, 3.8) is 0 Å². The van der Waals surface area contributed by atoms with Crippen LogP contribution in [0.4, 0.5) is 5.69 Å². The van der Waals surface area contributed by atoms with Gasteiger partial charge in [-0.3, -0.25) is 4.72 Å². The topological polar surface area (TPSA) is 95.5 Å². The third kappa shape index (κ3) is 3.20. The Labute approximate surface area is 128 Å². The number of carboxylic acid groups (broad SMARTS) is 1. The van der Waals surface area contributed by atoms with Crippen molar-refractivity contribution < 1.29 is 23.1 Å². The van der Waals surface area contributed by atoms with Gasteiger partial charge in [0.25, 0.3) is 10.0 Å². The van der Waals surface area contributed by atoms with E-state index in [1.165, 1.54) is 19.2 Å². The lowest BCUT2D eigenvalue weighted by atomic mass is 10.1. The van der Waals surface area contributed by atoms with Crippen LogP contribution < -0.4 is 14.6 Å². The van der Waals surface area contributed by atoms with E-state index in [9.17, 15) is 18.3 Å². The van der Waals surface area contributed by atoms with Crippen LogP contribution in [0.3, 0.4) is 0 Å². The molecule has 0 aliphatic heterocycles. The molecular weight excluding hydrogens is 306 g/mol. The maximum Gasteiger partial charge on any atom is 0.262 e. The molecule has 6 nitrogen and oxygen atoms in total. The number of hydrogen-bond acceptors (Lipinski definition) is 5. The van der Waals surface area contributed by atoms with Crippen LogP contribution in [0.15, 0.2) is 47.4 Å². The molecule has 7 heteroatoms. The maximum atomic E-state index is 12.5. The average molecular weight is 320 g/mol. The SMILES string of the molecule is COc1ccccc1NS(=O)(=O)c1cc(C(=O)[O-])ccc1C. The second-order valence-corrected chi connectivity index (χ2v) is 6.22. The lowest BCUT2D eigenvalue weighted by molar-refractivity contribution is -0.255. The Morgan fingerprint density at radius 3 is 2.50 bits per heavy atom. The van der Waals surface area contributed by atoms with Gasteiger partial charge in [-0.25, -0.2) is 8.42 Å². The lowest BCUT2D eigenvalue weighted by Crippen LogP contribution is -2.23. The number of carbonyl (C=O) groups excluding carboxylic acids is 1. The van der Waals surface area contributed by atoms with Crippen molar-refractivity contribution >= 4 is 21.7 Å². The first-order chi connectivity index (χ1) is 10.3. The molecule has 116 valence electrons. The number of rotatable bonds is 5. The average Bonchev–Trinajstić information content (AvgIpc) is 2.47. The fourth-order valence-corrected chi connectivity index (χ4v) is 3.29. The van der Waals surface area contributed by atoms with Gasteiger partial charge in [0.2, 0.25) is 0 Å². The molecule has 0 aromatic heterocycles. The molecule has 2 aromatic carbocycles. The summed E-state index contributed by atoms with van der Waals surface area (Å²) in [4.78, 5) is 10.8. The predicted molar refractivity (Wildman–Crippen MR) is 79.3 cm³/mol. The number of hydrogen-bond donors (Lipinski definition) is 1. The molecule has 0 aliphatic carbocycles. The van der Waals surface area contributed by atoms with Gasteiger partial charge in [-0.15, -0.1) is 0 Å². The maximum absolute atomic E-state index is 12.5. The van der Waals surface area contributed by atoms with Gasteiger partial charge in [0.1, 0.15) is 5.75 Å². The third-order valence-electron chi connectivity index (χ3n) is 3.06. The van der Waals surface area contributed by atoms with Crippen LogP contribution >= 0.6 is 0 Å². The number of aryl methyl sites for hydroxylation is 1. The number of ether oxygens (including phenoxy) is 1. The van der Waals surface area contributed by atoms with Crippen molar-refractivity contribution in [2.75, 3.05) is 11.8 Å². The van der Waals surface area contributed by atoms with Gasteiger partial charge in [0, 0.05) is 0 Å². The van der Waals surface area contributed by atoms with E-state index in [0.717, 1.165) is 6.07 Å². The minimum absolute atomic E-state index is 0.125. The summed E-state index contributed by atoms with van der Waals surface area (Å²) >= 11 is 0. The number of methoxy groups -OCH3 is 1. The zero-order valence-corrected chi connectivity index (χ0v) is 12.8. The van der Waals surface area contributed by atoms with Gasteiger partial charge in [-0.1, -0.05) is 24.3 Å². The molecule has 1 N–H and O–H groups in total. The highest BCUT2D eigenvalue weighted by Crippen LogP contribution is 2.27. The van der Waals surface area contributed by atoms with Crippen LogP contribution in [-0.2, 0) is 10.0 Å². The van der Waals surface area contributed by atoms with Crippen LogP contribution in [0.25, 0.3) is 0 Å². The first-order valence-electron chi connectivity index (χ1n) is 6.33. The molecule has 0 amide bonds. The summed E-state index contributed by atoms with van der Waals surface area (Å²) in [6.45, 7) is 1.58. The van der Waals surface area contributed by atoms with Crippen molar-refractivity contribution in [1.82, 2.24) is 0 Å². The Morgan fingerprint density at radius 2 is 1.86 bits per heavy atom. The van der Waals surface area contributed by atoms with Crippen molar-refractivity contribution in [1.29, 1.82) is 0 Å². The van der Waals surface area contributed by atoms with E-state index in [4.69, 9.17) is 4.74 Å². The van der Waals surface area contributed by atoms with E-state index < -0.39 is 16.0 Å². The highest BCUT2D eigenvalue weighted by atomic mass is 32.2. The molecule has 0 bridgehead atoms. The molecule has 0 saturated carbocycles. The summed E-state index contributed by atoms with van der Waals surface area (Å²) < 4.78 is 32.5. The Kier molecular flexibility index (Phi) is 4.37. The van der Waals surface area contributed by atoms with Gasteiger partial charge < -0.3 is 14.6 Å².